The quantitative estimate of drug-likeness (QED) is 0.591. The van der Waals surface area contributed by atoms with Crippen LogP contribution in [-0.2, 0) is 26.7 Å². The third-order valence-electron chi connectivity index (χ3n) is 7.20. The second-order valence-electron chi connectivity index (χ2n) is 9.60. The van der Waals surface area contributed by atoms with E-state index in [9.17, 15) is 13.2 Å². The summed E-state index contributed by atoms with van der Waals surface area (Å²) in [6.07, 6.45) is 3.23. The third-order valence-corrected chi connectivity index (χ3v) is 8.57. The van der Waals surface area contributed by atoms with Crippen LogP contribution in [0.15, 0.2) is 51.9 Å². The minimum Gasteiger partial charge on any atom is -0.495 e. The lowest BCUT2D eigenvalue weighted by Gasteiger charge is -2.26. The molecule has 0 radical (unpaired) electrons. The largest absolute Gasteiger partial charge is 0.495 e. The maximum Gasteiger partial charge on any atom is 0.266 e. The number of hydrogen-bond acceptors (Lipinski definition) is 6. The van der Waals surface area contributed by atoms with Crippen molar-refractivity contribution in [1.82, 2.24) is 5.16 Å². The summed E-state index contributed by atoms with van der Waals surface area (Å²) in [6.45, 7) is 2.76. The number of sulfonamides is 1. The molecule has 1 aromatic heterocycles. The minimum atomic E-state index is -3.94. The van der Waals surface area contributed by atoms with Gasteiger partial charge >= 0.3 is 0 Å². The number of carbonyl (C=O) groups excluding carboxylic acids is 1. The van der Waals surface area contributed by atoms with Gasteiger partial charge in [-0.3, -0.25) is 9.52 Å². The van der Waals surface area contributed by atoms with Gasteiger partial charge < -0.3 is 14.2 Å². The zero-order valence-electron chi connectivity index (χ0n) is 19.0. The molecule has 1 aliphatic heterocycles. The molecule has 34 heavy (non-hydrogen) atoms. The first-order chi connectivity index (χ1) is 16.3. The minimum absolute atomic E-state index is 0.0375. The molecule has 1 saturated carbocycles. The summed E-state index contributed by atoms with van der Waals surface area (Å²) in [6, 6.07) is 12.6. The van der Waals surface area contributed by atoms with Gasteiger partial charge in [0.05, 0.1) is 7.11 Å². The van der Waals surface area contributed by atoms with Crippen LogP contribution in [-0.4, -0.2) is 33.1 Å². The molecule has 2 aromatic carbocycles. The number of nitrogens with zero attached hydrogens (tertiary/aromatic N) is 2. The predicted molar refractivity (Wildman–Crippen MR) is 126 cm³/mol. The lowest BCUT2D eigenvalue weighted by atomic mass is 9.79. The van der Waals surface area contributed by atoms with Crippen molar-refractivity contribution in [2.24, 2.45) is 5.92 Å². The van der Waals surface area contributed by atoms with Crippen molar-refractivity contribution >= 4 is 27.4 Å². The van der Waals surface area contributed by atoms with E-state index in [1.807, 2.05) is 17.0 Å². The van der Waals surface area contributed by atoms with E-state index in [1.165, 1.54) is 18.7 Å². The van der Waals surface area contributed by atoms with Gasteiger partial charge in [0.15, 0.2) is 11.6 Å². The van der Waals surface area contributed by atoms with Crippen molar-refractivity contribution in [2.75, 3.05) is 23.3 Å². The molecule has 3 aromatic rings. The molecule has 9 heteroatoms. The fourth-order valence-electron chi connectivity index (χ4n) is 5.30. The summed E-state index contributed by atoms with van der Waals surface area (Å²) in [5.74, 6) is 1.45. The molecular weight excluding hydrogens is 454 g/mol. The molecule has 176 valence electrons. The Hall–Kier alpha value is -3.33. The Balaban J connectivity index is 1.41. The third kappa shape index (κ3) is 3.21. The van der Waals surface area contributed by atoms with Crippen LogP contribution >= 0.6 is 0 Å². The van der Waals surface area contributed by atoms with Gasteiger partial charge in [0.1, 0.15) is 10.6 Å². The molecule has 1 N–H and O–H groups in total. The van der Waals surface area contributed by atoms with Gasteiger partial charge in [-0.1, -0.05) is 30.3 Å². The van der Waals surface area contributed by atoms with E-state index in [1.54, 1.807) is 18.2 Å². The van der Waals surface area contributed by atoms with E-state index < -0.39 is 10.0 Å². The number of rotatable bonds is 5. The van der Waals surface area contributed by atoms with E-state index in [0.717, 1.165) is 29.7 Å². The number of para-hydroxylation sites is 1. The average molecular weight is 480 g/mol. The predicted octanol–water partition coefficient (Wildman–Crippen LogP) is 4.11. The van der Waals surface area contributed by atoms with Crippen LogP contribution in [0, 0.1) is 5.92 Å². The van der Waals surface area contributed by atoms with Crippen LogP contribution < -0.4 is 14.4 Å². The molecule has 2 aliphatic carbocycles. The smallest absolute Gasteiger partial charge is 0.266 e. The first-order valence-corrected chi connectivity index (χ1v) is 12.9. The van der Waals surface area contributed by atoms with Crippen LogP contribution in [0.1, 0.15) is 37.3 Å². The molecule has 1 saturated heterocycles. The highest BCUT2D eigenvalue weighted by molar-refractivity contribution is 7.92. The molecule has 1 spiro atoms. The number of carbonyl (C=O) groups is 1. The summed E-state index contributed by atoms with van der Waals surface area (Å²) < 4.78 is 39.9. The first kappa shape index (κ1) is 21.2. The van der Waals surface area contributed by atoms with Crippen molar-refractivity contribution in [1.29, 1.82) is 0 Å². The molecular formula is C25H25N3O5S. The van der Waals surface area contributed by atoms with Crippen molar-refractivity contribution < 1.29 is 22.5 Å². The molecule has 6 rings (SSSR count). The average Bonchev–Trinajstić information content (AvgIpc) is 3.36. The maximum absolute atomic E-state index is 13.2. The second-order valence-corrected chi connectivity index (χ2v) is 11.2. The number of amides is 1. The summed E-state index contributed by atoms with van der Waals surface area (Å²) in [5, 5.41) is 4.12. The van der Waals surface area contributed by atoms with Crippen LogP contribution in [0.25, 0.3) is 11.3 Å². The molecule has 3 aliphatic rings. The van der Waals surface area contributed by atoms with Crippen LogP contribution in [0.5, 0.6) is 5.75 Å². The molecule has 0 bridgehead atoms. The lowest BCUT2D eigenvalue weighted by Crippen LogP contribution is -2.25. The molecule has 2 fully saturated rings. The highest BCUT2D eigenvalue weighted by Gasteiger charge is 2.51. The Morgan fingerprint density at radius 3 is 2.71 bits per heavy atom. The van der Waals surface area contributed by atoms with Gasteiger partial charge in [-0.05, 0) is 55.0 Å². The van der Waals surface area contributed by atoms with E-state index in [4.69, 9.17) is 9.26 Å². The van der Waals surface area contributed by atoms with E-state index >= 15 is 0 Å². The number of fused-ring (bicyclic) bond motifs is 4. The Bertz CT molecular complexity index is 1420. The fraction of sp³-hybridized carbons (Fsp3) is 0.360. The Morgan fingerprint density at radius 2 is 2.00 bits per heavy atom. The normalized spacial score (nSPS) is 20.2. The van der Waals surface area contributed by atoms with Gasteiger partial charge in [0.2, 0.25) is 5.91 Å². The van der Waals surface area contributed by atoms with Gasteiger partial charge in [-0.25, -0.2) is 8.42 Å². The number of nitrogens with one attached hydrogen (secondary N) is 1. The van der Waals surface area contributed by atoms with Crippen molar-refractivity contribution in [3.05, 3.63) is 53.6 Å². The molecule has 0 unspecified atom stereocenters. The van der Waals surface area contributed by atoms with Gasteiger partial charge in [0.25, 0.3) is 10.0 Å². The summed E-state index contributed by atoms with van der Waals surface area (Å²) >= 11 is 0. The van der Waals surface area contributed by atoms with Gasteiger partial charge in [-0.15, -0.1) is 0 Å². The molecule has 1 amide bonds. The zero-order valence-corrected chi connectivity index (χ0v) is 19.8. The number of benzene rings is 2. The lowest BCUT2D eigenvalue weighted by molar-refractivity contribution is -0.117. The highest BCUT2D eigenvalue weighted by Crippen LogP contribution is 2.58. The maximum atomic E-state index is 13.2. The van der Waals surface area contributed by atoms with Crippen LogP contribution in [0.2, 0.25) is 0 Å². The van der Waals surface area contributed by atoms with Crippen LogP contribution in [0.3, 0.4) is 0 Å². The topological polar surface area (TPSA) is 102 Å². The van der Waals surface area contributed by atoms with Gasteiger partial charge in [-0.2, -0.15) is 0 Å². The standard InChI is InChI=1S/C25H25N3O5S/c1-15-11-22(29)28(14-15)16-7-8-19-17(12-16)23-18(13-25(19)9-10-25)24(26-33-23)27-34(30,31)21-6-4-3-5-20(21)32-2/h3-8,12,15H,9-11,13-14H2,1-2H3,(H,26,27)/t15-/m0/s1. The van der Waals surface area contributed by atoms with Crippen molar-refractivity contribution in [3.8, 4) is 17.1 Å². The number of ether oxygens (including phenoxy) is 1. The first-order valence-electron chi connectivity index (χ1n) is 11.4. The molecule has 8 nitrogen and oxygen atoms in total. The zero-order chi connectivity index (χ0) is 23.7. The van der Waals surface area contributed by atoms with E-state index in [2.05, 4.69) is 22.9 Å². The molecule has 1 atom stereocenters. The summed E-state index contributed by atoms with van der Waals surface area (Å²) in [5.41, 5.74) is 3.61. The highest BCUT2D eigenvalue weighted by atomic mass is 32.2. The number of aromatic nitrogens is 1. The van der Waals surface area contributed by atoms with E-state index in [0.29, 0.717) is 31.1 Å². The van der Waals surface area contributed by atoms with Crippen LogP contribution in [0.4, 0.5) is 11.5 Å². The Kier molecular flexibility index (Phi) is 4.58. The Morgan fingerprint density at radius 1 is 1.21 bits per heavy atom. The monoisotopic (exact) mass is 479 g/mol. The van der Waals surface area contributed by atoms with Crippen molar-refractivity contribution in [2.45, 2.75) is 42.9 Å². The molecule has 2 heterocycles. The number of hydrogen-bond donors (Lipinski definition) is 1. The second kappa shape index (κ2) is 7.33. The van der Waals surface area contributed by atoms with Gasteiger partial charge in [0, 0.05) is 35.2 Å². The number of anilines is 2. The Labute approximate surface area is 197 Å². The number of methoxy groups -OCH3 is 1. The fourth-order valence-corrected chi connectivity index (χ4v) is 6.50. The summed E-state index contributed by atoms with van der Waals surface area (Å²) in [7, 11) is -2.50. The van der Waals surface area contributed by atoms with Crippen molar-refractivity contribution in [3.63, 3.8) is 0 Å². The van der Waals surface area contributed by atoms with E-state index in [-0.39, 0.29) is 27.8 Å². The SMILES string of the molecule is COc1ccccc1S(=O)(=O)Nc1noc2c1CC1(CC1)c1ccc(N3C[C@@H](C)CC3=O)cc1-2. The summed E-state index contributed by atoms with van der Waals surface area (Å²) in [4.78, 5) is 14.3.